The van der Waals surface area contributed by atoms with Crippen molar-refractivity contribution in [1.29, 1.82) is 0 Å². The van der Waals surface area contributed by atoms with Crippen molar-refractivity contribution in [2.75, 3.05) is 32.8 Å². The summed E-state index contributed by atoms with van der Waals surface area (Å²) in [6.07, 6.45) is 0.401. The molecule has 0 aromatic rings. The van der Waals surface area contributed by atoms with Gasteiger partial charge in [0.2, 0.25) is 0 Å². The van der Waals surface area contributed by atoms with Crippen LogP contribution in [0.15, 0.2) is 0 Å². The first-order chi connectivity index (χ1) is 8.84. The van der Waals surface area contributed by atoms with Crippen LogP contribution in [-0.2, 0) is 14.2 Å². The highest BCUT2D eigenvalue weighted by molar-refractivity contribution is 5.85. The lowest BCUT2D eigenvalue weighted by atomic mass is 10.0. The number of nitrogens with zero attached hydrogens (tertiary/aromatic N) is 1. The lowest BCUT2D eigenvalue weighted by Crippen LogP contribution is -2.52. The van der Waals surface area contributed by atoms with Crippen LogP contribution < -0.4 is 5.73 Å². The zero-order valence-corrected chi connectivity index (χ0v) is 13.2. The van der Waals surface area contributed by atoms with Gasteiger partial charge < -0.3 is 24.8 Å². The van der Waals surface area contributed by atoms with E-state index < -0.39 is 11.2 Å². The number of rotatable bonds is 1. The van der Waals surface area contributed by atoms with Crippen LogP contribution in [0.4, 0.5) is 4.79 Å². The molecule has 2 atom stereocenters. The van der Waals surface area contributed by atoms with E-state index in [4.69, 9.17) is 19.9 Å². The van der Waals surface area contributed by atoms with Crippen LogP contribution in [0.3, 0.4) is 0 Å². The van der Waals surface area contributed by atoms with Crippen LogP contribution in [0, 0.1) is 0 Å². The van der Waals surface area contributed by atoms with Crippen LogP contribution in [0.25, 0.3) is 0 Å². The predicted octanol–water partition coefficient (Wildman–Crippen LogP) is 1.16. The summed E-state index contributed by atoms with van der Waals surface area (Å²) < 4.78 is 16.9. The third-order valence-corrected chi connectivity index (χ3v) is 3.32. The second-order valence-corrected chi connectivity index (χ2v) is 6.33. The Morgan fingerprint density at radius 1 is 1.50 bits per heavy atom. The fourth-order valence-electron chi connectivity index (χ4n) is 2.46. The van der Waals surface area contributed by atoms with Gasteiger partial charge in [-0.15, -0.1) is 12.4 Å². The zero-order valence-electron chi connectivity index (χ0n) is 12.4. The van der Waals surface area contributed by atoms with Gasteiger partial charge in [-0.2, -0.15) is 0 Å². The van der Waals surface area contributed by atoms with Crippen LogP contribution in [0.5, 0.6) is 0 Å². The van der Waals surface area contributed by atoms with Crippen molar-refractivity contribution in [3.8, 4) is 0 Å². The highest BCUT2D eigenvalue weighted by atomic mass is 35.5. The first-order valence-corrected chi connectivity index (χ1v) is 6.77. The molecule has 2 heterocycles. The zero-order chi connectivity index (χ0) is 14.1. The molecule has 1 spiro atoms. The third-order valence-electron chi connectivity index (χ3n) is 3.32. The van der Waals surface area contributed by atoms with Crippen LogP contribution in [0.2, 0.25) is 0 Å². The second kappa shape index (κ2) is 6.47. The fourth-order valence-corrected chi connectivity index (χ4v) is 2.46. The number of amides is 1. The summed E-state index contributed by atoms with van der Waals surface area (Å²) in [6.45, 7) is 8.22. The highest BCUT2D eigenvalue weighted by Crippen LogP contribution is 2.31. The van der Waals surface area contributed by atoms with Crippen molar-refractivity contribution in [1.82, 2.24) is 4.90 Å². The molecule has 0 saturated carbocycles. The number of carbonyl (C=O) groups excluding carboxylic acids is 1. The molecule has 2 fully saturated rings. The summed E-state index contributed by atoms with van der Waals surface area (Å²) in [7, 11) is 0. The summed E-state index contributed by atoms with van der Waals surface area (Å²) in [5.74, 6) is 0. The van der Waals surface area contributed by atoms with Gasteiger partial charge in [-0.05, 0) is 27.2 Å². The van der Waals surface area contributed by atoms with E-state index in [1.807, 2.05) is 20.8 Å². The van der Waals surface area contributed by atoms with Gasteiger partial charge in [0.05, 0.1) is 25.9 Å². The highest BCUT2D eigenvalue weighted by Gasteiger charge is 2.45. The van der Waals surface area contributed by atoms with E-state index >= 15 is 0 Å². The van der Waals surface area contributed by atoms with E-state index in [0.29, 0.717) is 32.8 Å². The average molecular weight is 309 g/mol. The molecule has 2 aliphatic rings. The number of hydrogen-bond donors (Lipinski definition) is 1. The molecule has 2 saturated heterocycles. The van der Waals surface area contributed by atoms with E-state index in [9.17, 15) is 4.79 Å². The molecule has 2 rings (SSSR count). The topological polar surface area (TPSA) is 74.0 Å². The van der Waals surface area contributed by atoms with Gasteiger partial charge in [-0.25, -0.2) is 4.79 Å². The maximum atomic E-state index is 12.0. The van der Waals surface area contributed by atoms with Crippen molar-refractivity contribution in [2.45, 2.75) is 44.5 Å². The monoisotopic (exact) mass is 308 g/mol. The summed E-state index contributed by atoms with van der Waals surface area (Å²) >= 11 is 0. The third kappa shape index (κ3) is 4.22. The Balaban J connectivity index is 0.00000200. The number of halogens is 1. The molecule has 2 N–H and O–H groups in total. The van der Waals surface area contributed by atoms with Gasteiger partial charge in [0.1, 0.15) is 11.2 Å². The van der Waals surface area contributed by atoms with Gasteiger partial charge in [0, 0.05) is 13.1 Å². The Morgan fingerprint density at radius 2 is 2.20 bits per heavy atom. The Bertz CT molecular complexity index is 348. The maximum Gasteiger partial charge on any atom is 0.410 e. The van der Waals surface area contributed by atoms with Crippen LogP contribution in [0.1, 0.15) is 27.2 Å². The number of ether oxygens (including phenoxy) is 3. The lowest BCUT2D eigenvalue weighted by molar-refractivity contribution is -0.188. The molecule has 0 aromatic heterocycles. The molecule has 1 amide bonds. The summed E-state index contributed by atoms with van der Waals surface area (Å²) in [5.41, 5.74) is 4.74. The van der Waals surface area contributed by atoms with E-state index in [1.54, 1.807) is 4.90 Å². The van der Waals surface area contributed by atoms with Gasteiger partial charge >= 0.3 is 6.09 Å². The first kappa shape index (κ1) is 17.5. The van der Waals surface area contributed by atoms with E-state index in [1.165, 1.54) is 0 Å². The lowest BCUT2D eigenvalue weighted by Gasteiger charge is -2.38. The summed E-state index contributed by atoms with van der Waals surface area (Å²) in [4.78, 5) is 13.7. The molecule has 0 bridgehead atoms. The summed E-state index contributed by atoms with van der Waals surface area (Å²) in [5, 5.41) is 0. The molecular weight excluding hydrogens is 284 g/mol. The molecular formula is C13H25ClN2O4. The minimum absolute atomic E-state index is 0. The minimum atomic E-state index is -0.476. The van der Waals surface area contributed by atoms with Crippen molar-refractivity contribution >= 4 is 18.5 Å². The normalized spacial score (nSPS) is 30.2. The molecule has 118 valence electrons. The fraction of sp³-hybridized carbons (Fsp3) is 0.923. The Kier molecular flexibility index (Phi) is 5.66. The van der Waals surface area contributed by atoms with E-state index in [-0.39, 0.29) is 24.6 Å². The number of nitrogens with two attached hydrogens (primary N) is 1. The predicted molar refractivity (Wildman–Crippen MR) is 77.1 cm³/mol. The number of carbonyl (C=O) groups is 1. The summed E-state index contributed by atoms with van der Waals surface area (Å²) in [6, 6.07) is 0. The molecule has 7 heteroatoms. The van der Waals surface area contributed by atoms with E-state index in [0.717, 1.165) is 6.42 Å². The molecule has 0 aliphatic carbocycles. The van der Waals surface area contributed by atoms with Crippen molar-refractivity contribution < 1.29 is 19.0 Å². The van der Waals surface area contributed by atoms with Gasteiger partial charge in [-0.3, -0.25) is 0 Å². The molecule has 2 unspecified atom stereocenters. The minimum Gasteiger partial charge on any atom is -0.444 e. The second-order valence-electron chi connectivity index (χ2n) is 6.33. The SMILES string of the molecule is CC(C)(C)OC(=O)N1CCC2(COCC(CN)O2)C1.Cl. The van der Waals surface area contributed by atoms with Crippen LogP contribution >= 0.6 is 12.4 Å². The molecule has 6 nitrogen and oxygen atoms in total. The van der Waals surface area contributed by atoms with Gasteiger partial charge in [0.15, 0.2) is 0 Å². The van der Waals surface area contributed by atoms with Gasteiger partial charge in [-0.1, -0.05) is 0 Å². The van der Waals surface area contributed by atoms with Gasteiger partial charge in [0.25, 0.3) is 0 Å². The molecule has 0 aromatic carbocycles. The number of hydrogen-bond acceptors (Lipinski definition) is 5. The van der Waals surface area contributed by atoms with Crippen molar-refractivity contribution in [3.05, 3.63) is 0 Å². The molecule has 20 heavy (non-hydrogen) atoms. The Hall–Kier alpha value is -0.560. The number of likely N-dealkylation sites (tertiary alicyclic amines) is 1. The maximum absolute atomic E-state index is 12.0. The Morgan fingerprint density at radius 3 is 2.80 bits per heavy atom. The quantitative estimate of drug-likeness (QED) is 0.787. The molecule has 0 radical (unpaired) electrons. The van der Waals surface area contributed by atoms with Crippen molar-refractivity contribution in [3.63, 3.8) is 0 Å². The van der Waals surface area contributed by atoms with Crippen LogP contribution in [-0.4, -0.2) is 61.1 Å². The average Bonchev–Trinajstić information content (AvgIpc) is 2.71. The van der Waals surface area contributed by atoms with E-state index in [2.05, 4.69) is 0 Å². The van der Waals surface area contributed by atoms with Crippen molar-refractivity contribution in [2.24, 2.45) is 5.73 Å². The Labute approximate surface area is 126 Å². The first-order valence-electron chi connectivity index (χ1n) is 6.77. The smallest absolute Gasteiger partial charge is 0.410 e. The largest absolute Gasteiger partial charge is 0.444 e. The molecule has 2 aliphatic heterocycles. The standard InChI is InChI=1S/C13H24N2O4.ClH/c1-12(2,3)19-11(16)15-5-4-13(8-15)9-17-7-10(6-14)18-13;/h10H,4-9,14H2,1-3H3;1H.